The molecule has 52 valence electrons. The Morgan fingerprint density at radius 1 is 1.67 bits per heavy atom. The molecule has 0 aromatic carbocycles. The van der Waals surface area contributed by atoms with Crippen LogP contribution in [0.1, 0.15) is 12.8 Å². The first-order chi connectivity index (χ1) is 4.43. The highest BCUT2D eigenvalue weighted by Gasteiger charge is 2.09. The van der Waals surface area contributed by atoms with E-state index in [-0.39, 0.29) is 6.61 Å². The van der Waals surface area contributed by atoms with E-state index in [1.165, 1.54) is 12.3 Å². The molecule has 1 heterocycles. The van der Waals surface area contributed by atoms with Crippen LogP contribution in [0, 0.1) is 0 Å². The lowest BCUT2D eigenvalue weighted by Gasteiger charge is -1.92. The Morgan fingerprint density at radius 3 is 3.11 bits per heavy atom. The Hall–Kier alpha value is -0.570. The predicted molar refractivity (Wildman–Crippen MR) is 35.2 cm³/mol. The first-order valence-corrected chi connectivity index (χ1v) is 3.38. The molecule has 0 amide bonds. The maximum Gasteiger partial charge on any atom is 0.242 e. The van der Waals surface area contributed by atoms with Crippen molar-refractivity contribution >= 4 is 5.84 Å². The van der Waals surface area contributed by atoms with Gasteiger partial charge in [-0.3, -0.25) is 10.3 Å². The van der Waals surface area contributed by atoms with Gasteiger partial charge in [0.05, 0.1) is 19.6 Å². The van der Waals surface area contributed by atoms with Crippen molar-refractivity contribution in [2.24, 2.45) is 0 Å². The smallest absolute Gasteiger partial charge is 0.242 e. The molecule has 1 rings (SSSR count). The van der Waals surface area contributed by atoms with E-state index < -0.39 is 0 Å². The molecule has 3 heteroatoms. The lowest BCUT2D eigenvalue weighted by molar-refractivity contribution is -0.449. The summed E-state index contributed by atoms with van der Waals surface area (Å²) >= 11 is 0. The van der Waals surface area contributed by atoms with Gasteiger partial charge in [0.25, 0.3) is 0 Å². The van der Waals surface area contributed by atoms with Crippen molar-refractivity contribution < 1.29 is 10.1 Å². The van der Waals surface area contributed by atoms with E-state index in [0.717, 1.165) is 13.0 Å². The van der Waals surface area contributed by atoms with Gasteiger partial charge in [-0.2, -0.15) is 0 Å². The third-order valence-corrected chi connectivity index (χ3v) is 1.39. The molecule has 0 bridgehead atoms. The highest BCUT2D eigenvalue weighted by molar-refractivity contribution is 5.77. The van der Waals surface area contributed by atoms with Crippen LogP contribution >= 0.6 is 0 Å². The zero-order chi connectivity index (χ0) is 6.53. The molecule has 0 aromatic rings. The van der Waals surface area contributed by atoms with Crippen LogP contribution in [-0.2, 0) is 0 Å². The summed E-state index contributed by atoms with van der Waals surface area (Å²) in [5.41, 5.74) is 0. The lowest BCUT2D eigenvalue weighted by Crippen LogP contribution is -2.72. The average Bonchev–Trinajstić information content (AvgIpc) is 2.34. The number of hydrogen-bond donors (Lipinski definition) is 3. The second-order valence-electron chi connectivity index (χ2n) is 2.16. The standard InChI is InChI=1S/C6H12N2O/c9-5-4-8-6-2-1-3-7-6/h9H,1-5H2,(H,7,8)/p+1. The second-order valence-corrected chi connectivity index (χ2v) is 2.16. The molecule has 0 unspecified atom stereocenters. The molecule has 0 spiro atoms. The second kappa shape index (κ2) is 3.45. The Balaban J connectivity index is 2.11. The number of aliphatic hydroxyl groups is 1. The largest absolute Gasteiger partial charge is 0.392 e. The third-order valence-electron chi connectivity index (χ3n) is 1.39. The fourth-order valence-electron chi connectivity index (χ4n) is 0.951. The van der Waals surface area contributed by atoms with Crippen LogP contribution in [-0.4, -0.2) is 30.6 Å². The highest BCUT2D eigenvalue weighted by atomic mass is 16.3. The molecular formula is C6H13N2O+. The molecule has 9 heavy (non-hydrogen) atoms. The van der Waals surface area contributed by atoms with E-state index in [2.05, 4.69) is 10.3 Å². The predicted octanol–water partition coefficient (Wildman–Crippen LogP) is -2.16. The molecule has 1 aliphatic heterocycles. The van der Waals surface area contributed by atoms with Crippen molar-refractivity contribution in [2.75, 3.05) is 19.7 Å². The average molecular weight is 129 g/mol. The fourth-order valence-corrected chi connectivity index (χ4v) is 0.951. The topological polar surface area (TPSA) is 46.2 Å². The van der Waals surface area contributed by atoms with Crippen molar-refractivity contribution in [2.45, 2.75) is 12.8 Å². The highest BCUT2D eigenvalue weighted by Crippen LogP contribution is 1.85. The van der Waals surface area contributed by atoms with Gasteiger partial charge in [-0.15, -0.1) is 0 Å². The summed E-state index contributed by atoms with van der Waals surface area (Å²) in [5, 5.41) is 11.5. The monoisotopic (exact) mass is 129 g/mol. The zero-order valence-corrected chi connectivity index (χ0v) is 5.48. The van der Waals surface area contributed by atoms with Gasteiger partial charge >= 0.3 is 0 Å². The summed E-state index contributed by atoms with van der Waals surface area (Å²) in [6.07, 6.45) is 2.33. The van der Waals surface area contributed by atoms with Crippen LogP contribution < -0.4 is 10.3 Å². The summed E-state index contributed by atoms with van der Waals surface area (Å²) in [5.74, 6) is 1.18. The molecule has 3 nitrogen and oxygen atoms in total. The van der Waals surface area contributed by atoms with Crippen molar-refractivity contribution in [3.63, 3.8) is 0 Å². The molecule has 0 fully saturated rings. The van der Waals surface area contributed by atoms with Crippen molar-refractivity contribution in [1.29, 1.82) is 0 Å². The third kappa shape index (κ3) is 2.01. The van der Waals surface area contributed by atoms with Crippen LogP contribution in [0.4, 0.5) is 0 Å². The summed E-state index contributed by atoms with van der Waals surface area (Å²) in [6.45, 7) is 1.96. The molecule has 0 radical (unpaired) electrons. The van der Waals surface area contributed by atoms with Crippen molar-refractivity contribution in [3.05, 3.63) is 0 Å². The molecular weight excluding hydrogens is 116 g/mol. The molecule has 0 atom stereocenters. The fraction of sp³-hybridized carbons (Fsp3) is 0.833. The van der Waals surface area contributed by atoms with Gasteiger partial charge in [-0.05, 0) is 6.42 Å². The maximum atomic E-state index is 8.42. The van der Waals surface area contributed by atoms with Crippen LogP contribution in [0.5, 0.6) is 0 Å². The van der Waals surface area contributed by atoms with Gasteiger partial charge in [0, 0.05) is 0 Å². The first kappa shape index (κ1) is 6.55. The Labute approximate surface area is 54.8 Å². The van der Waals surface area contributed by atoms with Crippen molar-refractivity contribution in [1.82, 2.24) is 5.32 Å². The quantitative estimate of drug-likeness (QED) is 0.398. The summed E-state index contributed by atoms with van der Waals surface area (Å²) in [7, 11) is 0. The SMILES string of the molecule is OCCNC1=[NH+]CCC1. The van der Waals surface area contributed by atoms with Gasteiger partial charge < -0.3 is 5.11 Å². The van der Waals surface area contributed by atoms with E-state index in [0.29, 0.717) is 6.54 Å². The molecule has 1 aliphatic rings. The summed E-state index contributed by atoms with van der Waals surface area (Å²) in [6, 6.07) is 0. The van der Waals surface area contributed by atoms with Gasteiger partial charge in [-0.25, -0.2) is 0 Å². The van der Waals surface area contributed by atoms with Gasteiger partial charge in [-0.1, -0.05) is 0 Å². The molecule has 0 saturated heterocycles. The molecule has 3 N–H and O–H groups in total. The Morgan fingerprint density at radius 2 is 2.56 bits per heavy atom. The van der Waals surface area contributed by atoms with E-state index in [4.69, 9.17) is 5.11 Å². The number of hydrogen-bond acceptors (Lipinski definition) is 2. The van der Waals surface area contributed by atoms with Crippen LogP contribution in [0.3, 0.4) is 0 Å². The number of nitrogens with one attached hydrogen (secondary N) is 2. The van der Waals surface area contributed by atoms with Crippen LogP contribution in [0.25, 0.3) is 0 Å². The minimum atomic E-state index is 0.213. The van der Waals surface area contributed by atoms with E-state index in [1.54, 1.807) is 0 Å². The molecule has 0 aliphatic carbocycles. The zero-order valence-electron chi connectivity index (χ0n) is 5.48. The Kier molecular flexibility index (Phi) is 2.51. The number of aliphatic hydroxyl groups excluding tert-OH is 1. The molecule has 0 aromatic heterocycles. The van der Waals surface area contributed by atoms with Gasteiger partial charge in [0.2, 0.25) is 5.84 Å². The summed E-state index contributed by atoms with van der Waals surface area (Å²) < 4.78 is 0. The van der Waals surface area contributed by atoms with E-state index in [1.807, 2.05) is 0 Å². The lowest BCUT2D eigenvalue weighted by atomic mass is 10.3. The van der Waals surface area contributed by atoms with E-state index in [9.17, 15) is 0 Å². The minimum Gasteiger partial charge on any atom is -0.392 e. The molecule has 0 saturated carbocycles. The van der Waals surface area contributed by atoms with Gasteiger partial charge in [0.15, 0.2) is 0 Å². The van der Waals surface area contributed by atoms with Crippen LogP contribution in [0.15, 0.2) is 0 Å². The normalized spacial score (nSPS) is 17.7. The first-order valence-electron chi connectivity index (χ1n) is 3.38. The van der Waals surface area contributed by atoms with Crippen LogP contribution in [0.2, 0.25) is 0 Å². The Bertz CT molecular complexity index is 112. The minimum absolute atomic E-state index is 0.213. The van der Waals surface area contributed by atoms with Crippen molar-refractivity contribution in [3.8, 4) is 0 Å². The number of rotatable bonds is 2. The maximum absolute atomic E-state index is 8.42. The number of amidine groups is 1. The van der Waals surface area contributed by atoms with E-state index >= 15 is 0 Å². The van der Waals surface area contributed by atoms with Gasteiger partial charge in [0.1, 0.15) is 6.54 Å². The summed E-state index contributed by atoms with van der Waals surface area (Å²) in [4.78, 5) is 3.19.